The average Bonchev–Trinajstić information content (AvgIpc) is 2.41. The summed E-state index contributed by atoms with van der Waals surface area (Å²) in [5, 5.41) is 5.99. The highest BCUT2D eigenvalue weighted by atomic mass is 16.1. The molecule has 0 spiro atoms. The molecule has 5 heteroatoms. The van der Waals surface area contributed by atoms with Crippen LogP contribution in [0.3, 0.4) is 0 Å². The number of unbranched alkanes of at least 4 members (excludes halogenated alkanes) is 2. The lowest BCUT2D eigenvalue weighted by Gasteiger charge is -2.06. The number of carbonyl (C=O) groups is 1. The summed E-state index contributed by atoms with van der Waals surface area (Å²) in [7, 11) is 0. The highest BCUT2D eigenvalue weighted by molar-refractivity contribution is 5.92. The number of amides is 1. The Bertz CT molecular complexity index is 368. The summed E-state index contributed by atoms with van der Waals surface area (Å²) in [6.45, 7) is 5.73. The van der Waals surface area contributed by atoms with Gasteiger partial charge in [0.2, 0.25) is 0 Å². The molecule has 0 unspecified atom stereocenters. The van der Waals surface area contributed by atoms with Crippen molar-refractivity contribution in [3.8, 4) is 0 Å². The third-order valence-corrected chi connectivity index (χ3v) is 2.52. The van der Waals surface area contributed by atoms with E-state index in [9.17, 15) is 4.79 Å². The molecule has 0 bridgehead atoms. The van der Waals surface area contributed by atoms with Crippen LogP contribution < -0.4 is 10.6 Å². The van der Waals surface area contributed by atoms with E-state index in [4.69, 9.17) is 0 Å². The van der Waals surface area contributed by atoms with Crippen LogP contribution in [0.2, 0.25) is 0 Å². The molecule has 1 amide bonds. The number of anilines is 1. The predicted octanol–water partition coefficient (Wildman–Crippen LogP) is 2.22. The van der Waals surface area contributed by atoms with Crippen molar-refractivity contribution in [2.75, 3.05) is 18.4 Å². The molecule has 1 rings (SSSR count). The number of aromatic nitrogens is 2. The van der Waals surface area contributed by atoms with Gasteiger partial charge in [-0.05, 0) is 12.8 Å². The maximum absolute atomic E-state index is 11.7. The fourth-order valence-corrected chi connectivity index (χ4v) is 1.50. The normalized spacial score (nSPS) is 10.1. The minimum atomic E-state index is -0.143. The van der Waals surface area contributed by atoms with Crippen molar-refractivity contribution in [2.45, 2.75) is 39.5 Å². The number of hydrogen-bond acceptors (Lipinski definition) is 4. The first kappa shape index (κ1) is 14.4. The van der Waals surface area contributed by atoms with E-state index in [1.54, 1.807) is 6.07 Å². The van der Waals surface area contributed by atoms with Crippen LogP contribution in [0, 0.1) is 0 Å². The zero-order valence-corrected chi connectivity index (χ0v) is 11.2. The zero-order chi connectivity index (χ0) is 13.2. The first-order valence-electron chi connectivity index (χ1n) is 6.62. The highest BCUT2D eigenvalue weighted by Gasteiger charge is 2.07. The second-order valence-corrected chi connectivity index (χ2v) is 4.18. The lowest BCUT2D eigenvalue weighted by atomic mass is 10.2. The second kappa shape index (κ2) is 8.44. The lowest BCUT2D eigenvalue weighted by Crippen LogP contribution is -2.25. The van der Waals surface area contributed by atoms with Gasteiger partial charge in [-0.3, -0.25) is 4.79 Å². The first-order chi connectivity index (χ1) is 8.77. The Morgan fingerprint density at radius 3 is 2.72 bits per heavy atom. The Labute approximate surface area is 108 Å². The van der Waals surface area contributed by atoms with Crippen molar-refractivity contribution < 1.29 is 4.79 Å². The Hall–Kier alpha value is -1.65. The number of hydrogen-bond donors (Lipinski definition) is 2. The number of carbonyl (C=O) groups excluding carboxylic acids is 1. The molecule has 0 aliphatic heterocycles. The van der Waals surface area contributed by atoms with Crippen molar-refractivity contribution in [1.29, 1.82) is 0 Å². The highest BCUT2D eigenvalue weighted by Crippen LogP contribution is 2.04. The molecule has 0 fully saturated rings. The fraction of sp³-hybridized carbons (Fsp3) is 0.615. The van der Waals surface area contributed by atoms with Gasteiger partial charge in [-0.1, -0.05) is 26.7 Å². The van der Waals surface area contributed by atoms with Crippen molar-refractivity contribution in [3.63, 3.8) is 0 Å². The second-order valence-electron chi connectivity index (χ2n) is 4.18. The molecule has 100 valence electrons. The molecule has 2 N–H and O–H groups in total. The Morgan fingerprint density at radius 2 is 2.00 bits per heavy atom. The molecular formula is C13H22N4O. The fourth-order valence-electron chi connectivity index (χ4n) is 1.50. The molecule has 1 aromatic heterocycles. The van der Waals surface area contributed by atoms with Crippen LogP contribution in [-0.4, -0.2) is 29.0 Å². The van der Waals surface area contributed by atoms with Crippen LogP contribution in [0.5, 0.6) is 0 Å². The molecule has 5 nitrogen and oxygen atoms in total. The summed E-state index contributed by atoms with van der Waals surface area (Å²) in [4.78, 5) is 19.8. The summed E-state index contributed by atoms with van der Waals surface area (Å²) in [5.41, 5.74) is 0.413. The molecular weight excluding hydrogens is 228 g/mol. The van der Waals surface area contributed by atoms with Gasteiger partial charge in [0.05, 0.1) is 0 Å². The van der Waals surface area contributed by atoms with Gasteiger partial charge in [-0.25, -0.2) is 9.97 Å². The van der Waals surface area contributed by atoms with Gasteiger partial charge in [0.25, 0.3) is 5.91 Å². The topological polar surface area (TPSA) is 66.9 Å². The van der Waals surface area contributed by atoms with Gasteiger partial charge in [-0.2, -0.15) is 0 Å². The summed E-state index contributed by atoms with van der Waals surface area (Å²) in [5.74, 6) is 0.568. The Morgan fingerprint density at radius 1 is 1.17 bits per heavy atom. The molecule has 0 atom stereocenters. The number of nitrogens with one attached hydrogen (secondary N) is 2. The number of rotatable bonds is 8. The molecule has 0 aromatic carbocycles. The van der Waals surface area contributed by atoms with E-state index in [0.29, 0.717) is 18.1 Å². The minimum Gasteiger partial charge on any atom is -0.370 e. The van der Waals surface area contributed by atoms with E-state index in [2.05, 4.69) is 27.5 Å². The van der Waals surface area contributed by atoms with E-state index in [1.807, 2.05) is 6.92 Å². The van der Waals surface area contributed by atoms with Gasteiger partial charge >= 0.3 is 0 Å². The maximum atomic E-state index is 11.7. The molecule has 18 heavy (non-hydrogen) atoms. The van der Waals surface area contributed by atoms with E-state index < -0.39 is 0 Å². The van der Waals surface area contributed by atoms with Gasteiger partial charge in [0.1, 0.15) is 17.8 Å². The van der Waals surface area contributed by atoms with Gasteiger partial charge in [0, 0.05) is 19.2 Å². The summed E-state index contributed by atoms with van der Waals surface area (Å²) >= 11 is 0. The van der Waals surface area contributed by atoms with Crippen LogP contribution in [0.1, 0.15) is 50.0 Å². The summed E-state index contributed by atoms with van der Waals surface area (Å²) < 4.78 is 0. The third kappa shape index (κ3) is 5.12. The van der Waals surface area contributed by atoms with Crippen molar-refractivity contribution in [3.05, 3.63) is 18.1 Å². The molecule has 1 aromatic rings. The lowest BCUT2D eigenvalue weighted by molar-refractivity contribution is 0.0948. The van der Waals surface area contributed by atoms with Gasteiger partial charge < -0.3 is 10.6 Å². The predicted molar refractivity (Wildman–Crippen MR) is 72.7 cm³/mol. The van der Waals surface area contributed by atoms with Crippen LogP contribution in [0.4, 0.5) is 5.82 Å². The zero-order valence-electron chi connectivity index (χ0n) is 11.2. The molecule has 0 radical (unpaired) electrons. The molecule has 1 heterocycles. The number of nitrogens with zero attached hydrogens (tertiary/aromatic N) is 2. The first-order valence-corrected chi connectivity index (χ1v) is 6.62. The molecule has 0 saturated heterocycles. The quantitative estimate of drug-likeness (QED) is 0.694. The SMILES string of the molecule is CCCCCNc1cc(C(=O)NCCC)ncn1. The van der Waals surface area contributed by atoms with Crippen molar-refractivity contribution in [2.24, 2.45) is 0 Å². The van der Waals surface area contributed by atoms with Crippen LogP contribution in [0.25, 0.3) is 0 Å². The van der Waals surface area contributed by atoms with Crippen LogP contribution in [-0.2, 0) is 0 Å². The molecule has 0 aliphatic rings. The largest absolute Gasteiger partial charge is 0.370 e. The summed E-state index contributed by atoms with van der Waals surface area (Å²) in [6, 6.07) is 1.69. The monoisotopic (exact) mass is 250 g/mol. The van der Waals surface area contributed by atoms with Crippen molar-refractivity contribution in [1.82, 2.24) is 15.3 Å². The minimum absolute atomic E-state index is 0.143. The Balaban J connectivity index is 2.48. The van der Waals surface area contributed by atoms with Gasteiger partial charge in [-0.15, -0.1) is 0 Å². The Kier molecular flexibility index (Phi) is 6.76. The van der Waals surface area contributed by atoms with Gasteiger partial charge in [0.15, 0.2) is 0 Å². The molecule has 0 aliphatic carbocycles. The standard InChI is InChI=1S/C13H22N4O/c1-3-5-6-8-14-12-9-11(16-10-17-12)13(18)15-7-4-2/h9-10H,3-8H2,1-2H3,(H,15,18)(H,14,16,17). The van der Waals surface area contributed by atoms with E-state index in [-0.39, 0.29) is 5.91 Å². The van der Waals surface area contributed by atoms with Crippen molar-refractivity contribution >= 4 is 11.7 Å². The molecule has 0 saturated carbocycles. The van der Waals surface area contributed by atoms with E-state index in [1.165, 1.54) is 19.2 Å². The van der Waals surface area contributed by atoms with Crippen LogP contribution >= 0.6 is 0 Å². The van der Waals surface area contributed by atoms with Crippen LogP contribution in [0.15, 0.2) is 12.4 Å². The van der Waals surface area contributed by atoms with E-state index in [0.717, 1.165) is 19.4 Å². The van der Waals surface area contributed by atoms with E-state index >= 15 is 0 Å². The summed E-state index contributed by atoms with van der Waals surface area (Å²) in [6.07, 6.45) is 5.83. The smallest absolute Gasteiger partial charge is 0.270 e. The average molecular weight is 250 g/mol. The third-order valence-electron chi connectivity index (χ3n) is 2.52. The maximum Gasteiger partial charge on any atom is 0.270 e.